The van der Waals surface area contributed by atoms with Crippen molar-refractivity contribution in [2.45, 2.75) is 51.4 Å². The van der Waals surface area contributed by atoms with Crippen LogP contribution < -0.4 is 15.9 Å². The molecule has 0 saturated heterocycles. The summed E-state index contributed by atoms with van der Waals surface area (Å²) in [4.78, 5) is 21.2. The van der Waals surface area contributed by atoms with Crippen molar-refractivity contribution >= 4 is 23.8 Å². The van der Waals surface area contributed by atoms with Gasteiger partial charge in [-0.2, -0.15) is 13.2 Å². The monoisotopic (exact) mass is 495 g/mol. The van der Waals surface area contributed by atoms with E-state index in [1.807, 2.05) is 43.3 Å². The van der Waals surface area contributed by atoms with Gasteiger partial charge in [0.1, 0.15) is 11.6 Å². The number of nitrogens with one attached hydrogen (secondary N) is 1. The lowest BCUT2D eigenvalue weighted by atomic mass is 9.88. The first-order chi connectivity index (χ1) is 17.1. The molecule has 0 amide bonds. The lowest BCUT2D eigenvalue weighted by Gasteiger charge is -2.25. The van der Waals surface area contributed by atoms with Crippen LogP contribution >= 0.6 is 0 Å². The second-order valence-corrected chi connectivity index (χ2v) is 8.87. The molecule has 1 heterocycles. The average Bonchev–Trinajstić information content (AvgIpc) is 2.87. The summed E-state index contributed by atoms with van der Waals surface area (Å²) in [5, 5.41) is 4.74. The Kier molecular flexibility index (Phi) is 7.26. The summed E-state index contributed by atoms with van der Waals surface area (Å²) in [6.07, 6.45) is -0.316. The minimum Gasteiger partial charge on any atom is -0.376 e. The molecule has 0 bridgehead atoms. The first kappa shape index (κ1) is 25.6. The van der Waals surface area contributed by atoms with Crippen LogP contribution in [0.5, 0.6) is 0 Å². The van der Waals surface area contributed by atoms with Gasteiger partial charge in [-0.15, -0.1) is 0 Å². The maximum atomic E-state index is 13.2. The molecule has 3 aromatic rings. The highest BCUT2D eigenvalue weighted by atomic mass is 19.4. The Labute approximate surface area is 207 Å². The highest BCUT2D eigenvalue weighted by molar-refractivity contribution is 5.95. The standard InChI is InChI=1S/C28H28F3N3O2/c1-5-25(35)19-11-9-18(10-12-19)22-14-23-24(15-26(22)36-4)33-17(3)34-27(23)32-16(2)20-7-6-8-21(13-20)28(29,30)31/h6-16,22,26H,5H2,1-4H3,(H,32,33,34). The molecule has 0 aliphatic heterocycles. The zero-order valence-corrected chi connectivity index (χ0v) is 20.6. The van der Waals surface area contributed by atoms with Crippen molar-refractivity contribution in [3.05, 3.63) is 87.2 Å². The summed E-state index contributed by atoms with van der Waals surface area (Å²) >= 11 is 0. The van der Waals surface area contributed by atoms with Gasteiger partial charge in [0.15, 0.2) is 5.78 Å². The maximum absolute atomic E-state index is 13.2. The third-order valence-electron chi connectivity index (χ3n) is 6.39. The molecular formula is C28H28F3N3O2. The Morgan fingerprint density at radius 2 is 1.83 bits per heavy atom. The molecule has 8 heteroatoms. The molecule has 3 atom stereocenters. The van der Waals surface area contributed by atoms with Crippen LogP contribution in [0.1, 0.15) is 65.1 Å². The Bertz CT molecular complexity index is 1380. The van der Waals surface area contributed by atoms with Crippen LogP contribution in [-0.2, 0) is 10.9 Å². The Morgan fingerprint density at radius 3 is 2.47 bits per heavy atom. The number of benzene rings is 2. The molecule has 0 spiro atoms. The predicted octanol–water partition coefficient (Wildman–Crippen LogP) is 4.94. The van der Waals surface area contributed by atoms with Crippen LogP contribution in [0.25, 0.3) is 12.2 Å². The van der Waals surface area contributed by atoms with Gasteiger partial charge in [0, 0.05) is 36.3 Å². The summed E-state index contributed by atoms with van der Waals surface area (Å²) in [7, 11) is 1.63. The number of alkyl halides is 3. The van der Waals surface area contributed by atoms with Crippen molar-refractivity contribution < 1.29 is 22.7 Å². The van der Waals surface area contributed by atoms with E-state index >= 15 is 0 Å². The van der Waals surface area contributed by atoms with Gasteiger partial charge in [-0.05, 0) is 43.2 Å². The van der Waals surface area contributed by atoms with Gasteiger partial charge in [-0.1, -0.05) is 49.4 Å². The van der Waals surface area contributed by atoms with Crippen molar-refractivity contribution in [1.29, 1.82) is 0 Å². The number of ketones is 1. The zero-order valence-electron chi connectivity index (χ0n) is 20.6. The third kappa shape index (κ3) is 5.33. The number of carbonyl (C=O) groups is 1. The number of methoxy groups -OCH3 is 1. The SMILES string of the molecule is CCC(=O)c1ccc(C2C=c3c(NC(C)c4cccc(C(F)(F)F)c4)nc(C)nc3=CC2OC)cc1. The van der Waals surface area contributed by atoms with Gasteiger partial charge in [-0.3, -0.25) is 4.79 Å². The Balaban J connectivity index is 1.73. The van der Waals surface area contributed by atoms with E-state index in [0.29, 0.717) is 34.5 Å². The van der Waals surface area contributed by atoms with Gasteiger partial charge in [0.2, 0.25) is 0 Å². The first-order valence-corrected chi connectivity index (χ1v) is 11.8. The number of halogens is 3. The van der Waals surface area contributed by atoms with Crippen LogP contribution in [-0.4, -0.2) is 29.0 Å². The number of fused-ring (bicyclic) bond motifs is 1. The zero-order chi connectivity index (χ0) is 26.0. The lowest BCUT2D eigenvalue weighted by Crippen LogP contribution is -2.40. The topological polar surface area (TPSA) is 64.1 Å². The maximum Gasteiger partial charge on any atom is 0.416 e. The molecule has 4 rings (SSSR count). The minimum absolute atomic E-state index is 0.0771. The fourth-order valence-electron chi connectivity index (χ4n) is 4.41. The molecule has 0 fully saturated rings. The molecule has 0 radical (unpaired) electrons. The third-order valence-corrected chi connectivity index (χ3v) is 6.39. The number of Topliss-reactive ketones (excluding diaryl/α,β-unsaturated/α-hetero) is 1. The molecule has 0 saturated carbocycles. The predicted molar refractivity (Wildman–Crippen MR) is 133 cm³/mol. The quantitative estimate of drug-likeness (QED) is 0.471. The number of nitrogens with zero attached hydrogens (tertiary/aromatic N) is 2. The smallest absolute Gasteiger partial charge is 0.376 e. The number of rotatable bonds is 7. The van der Waals surface area contributed by atoms with Crippen molar-refractivity contribution in [3.63, 3.8) is 0 Å². The normalized spacial score (nSPS) is 18.0. The van der Waals surface area contributed by atoms with Crippen LogP contribution in [0, 0.1) is 6.92 Å². The number of hydrogen-bond acceptors (Lipinski definition) is 5. The second-order valence-electron chi connectivity index (χ2n) is 8.87. The Morgan fingerprint density at radius 1 is 1.11 bits per heavy atom. The number of hydrogen-bond donors (Lipinski definition) is 1. The van der Waals surface area contributed by atoms with Gasteiger partial charge in [0.25, 0.3) is 0 Å². The van der Waals surface area contributed by atoms with Crippen molar-refractivity contribution in [2.24, 2.45) is 0 Å². The van der Waals surface area contributed by atoms with E-state index in [9.17, 15) is 18.0 Å². The highest BCUT2D eigenvalue weighted by Crippen LogP contribution is 2.31. The van der Waals surface area contributed by atoms with E-state index in [1.54, 1.807) is 27.0 Å². The molecule has 188 valence electrons. The number of ether oxygens (including phenoxy) is 1. The number of aryl methyl sites for hydroxylation is 1. The van der Waals surface area contributed by atoms with E-state index in [0.717, 1.165) is 22.9 Å². The fraction of sp³-hybridized carbons (Fsp3) is 0.321. The van der Waals surface area contributed by atoms with Crippen LogP contribution in [0.15, 0.2) is 48.5 Å². The molecule has 1 aromatic heterocycles. The van der Waals surface area contributed by atoms with E-state index in [4.69, 9.17) is 4.74 Å². The molecule has 5 nitrogen and oxygen atoms in total. The molecule has 3 unspecified atom stereocenters. The number of carbonyl (C=O) groups excluding carboxylic acids is 1. The molecule has 1 aliphatic carbocycles. The molecule has 1 N–H and O–H groups in total. The molecular weight excluding hydrogens is 467 g/mol. The number of anilines is 1. The first-order valence-electron chi connectivity index (χ1n) is 11.8. The average molecular weight is 496 g/mol. The summed E-state index contributed by atoms with van der Waals surface area (Å²) in [6.45, 7) is 5.39. The fourth-order valence-corrected chi connectivity index (χ4v) is 4.41. The van der Waals surface area contributed by atoms with Crippen LogP contribution in [0.2, 0.25) is 0 Å². The van der Waals surface area contributed by atoms with Crippen molar-refractivity contribution in [1.82, 2.24) is 9.97 Å². The second kappa shape index (κ2) is 10.2. The molecule has 2 aromatic carbocycles. The van der Waals surface area contributed by atoms with Gasteiger partial charge in [0.05, 0.1) is 17.0 Å². The van der Waals surface area contributed by atoms with Gasteiger partial charge >= 0.3 is 6.18 Å². The summed E-state index contributed by atoms with van der Waals surface area (Å²) in [6, 6.07) is 12.3. The largest absolute Gasteiger partial charge is 0.416 e. The van der Waals surface area contributed by atoms with E-state index in [-0.39, 0.29) is 17.8 Å². The van der Waals surface area contributed by atoms with Crippen LogP contribution in [0.4, 0.5) is 19.0 Å². The van der Waals surface area contributed by atoms with Gasteiger partial charge < -0.3 is 10.1 Å². The van der Waals surface area contributed by atoms with E-state index in [2.05, 4.69) is 15.3 Å². The Hall–Kier alpha value is -3.52. The summed E-state index contributed by atoms with van der Waals surface area (Å²) < 4.78 is 45.4. The highest BCUT2D eigenvalue weighted by Gasteiger charge is 2.31. The van der Waals surface area contributed by atoms with Crippen molar-refractivity contribution in [2.75, 3.05) is 12.4 Å². The van der Waals surface area contributed by atoms with E-state index in [1.165, 1.54) is 6.07 Å². The summed E-state index contributed by atoms with van der Waals surface area (Å²) in [5.41, 5.74) is 1.43. The molecule has 1 aliphatic rings. The number of aromatic nitrogens is 2. The molecule has 36 heavy (non-hydrogen) atoms. The van der Waals surface area contributed by atoms with Crippen molar-refractivity contribution in [3.8, 4) is 0 Å². The van der Waals surface area contributed by atoms with Gasteiger partial charge in [-0.25, -0.2) is 9.97 Å². The minimum atomic E-state index is -4.41. The van der Waals surface area contributed by atoms with E-state index < -0.39 is 17.8 Å². The lowest BCUT2D eigenvalue weighted by molar-refractivity contribution is -0.137. The summed E-state index contributed by atoms with van der Waals surface area (Å²) in [5.74, 6) is 0.987. The van der Waals surface area contributed by atoms with Crippen LogP contribution in [0.3, 0.4) is 0 Å².